The number of amides is 1. The van der Waals surface area contributed by atoms with Gasteiger partial charge in [0, 0.05) is 31.8 Å². The van der Waals surface area contributed by atoms with Crippen LogP contribution >= 0.6 is 22.7 Å². The summed E-state index contributed by atoms with van der Waals surface area (Å²) in [6.07, 6.45) is 2.96. The third kappa shape index (κ3) is 4.63. The lowest BCUT2D eigenvalue weighted by atomic mass is 9.99. The number of piperidine rings is 1. The molecule has 1 unspecified atom stereocenters. The van der Waals surface area contributed by atoms with Gasteiger partial charge < -0.3 is 14.0 Å². The first kappa shape index (κ1) is 23.7. The van der Waals surface area contributed by atoms with Crippen molar-refractivity contribution in [3.63, 3.8) is 0 Å². The minimum atomic E-state index is -3.60. The molecule has 1 aliphatic rings. The maximum absolute atomic E-state index is 13.1. The molecule has 0 N–H and O–H groups in total. The summed E-state index contributed by atoms with van der Waals surface area (Å²) in [4.78, 5) is 18.1. The van der Waals surface area contributed by atoms with E-state index < -0.39 is 15.9 Å². The Hall–Kier alpha value is -2.47. The van der Waals surface area contributed by atoms with E-state index in [2.05, 4.69) is 11.6 Å². The molecule has 0 bridgehead atoms. The van der Waals surface area contributed by atoms with Gasteiger partial charge in [0.2, 0.25) is 0 Å². The number of hydrogen-bond donors (Lipinski definition) is 0. The Morgan fingerprint density at radius 1 is 1.30 bits per heavy atom. The van der Waals surface area contributed by atoms with Crippen LogP contribution < -0.4 is 14.3 Å². The van der Waals surface area contributed by atoms with Gasteiger partial charge in [0.25, 0.3) is 15.9 Å². The highest BCUT2D eigenvalue weighted by Crippen LogP contribution is 2.33. The van der Waals surface area contributed by atoms with Gasteiger partial charge in [-0.1, -0.05) is 23.5 Å². The van der Waals surface area contributed by atoms with Crippen molar-refractivity contribution >= 4 is 48.8 Å². The molecule has 0 aliphatic carbocycles. The van der Waals surface area contributed by atoms with E-state index in [4.69, 9.17) is 9.47 Å². The number of ether oxygens (including phenoxy) is 2. The average molecular weight is 508 g/mol. The van der Waals surface area contributed by atoms with Crippen molar-refractivity contribution in [3.05, 3.63) is 47.1 Å². The molecule has 1 atom stereocenters. The number of nitrogens with zero attached hydrogens (tertiary/aromatic N) is 3. The molecule has 3 aromatic rings. The van der Waals surface area contributed by atoms with E-state index in [1.165, 1.54) is 27.0 Å². The number of thiophene rings is 1. The van der Waals surface area contributed by atoms with E-state index in [1.54, 1.807) is 37.8 Å². The van der Waals surface area contributed by atoms with Gasteiger partial charge in [-0.15, -0.1) is 17.9 Å². The molecule has 3 heterocycles. The highest BCUT2D eigenvalue weighted by molar-refractivity contribution is 7.91. The fourth-order valence-electron chi connectivity index (χ4n) is 3.87. The van der Waals surface area contributed by atoms with Crippen LogP contribution in [0.3, 0.4) is 0 Å². The fraction of sp³-hybridized carbons (Fsp3) is 0.364. The van der Waals surface area contributed by atoms with Crippen LogP contribution in [0.2, 0.25) is 0 Å². The Kier molecular flexibility index (Phi) is 7.03. The zero-order chi connectivity index (χ0) is 23.6. The van der Waals surface area contributed by atoms with E-state index in [-0.39, 0.29) is 12.5 Å². The minimum Gasteiger partial charge on any atom is -0.493 e. The smallest absolute Gasteiger partial charge is 0.252 e. The fourth-order valence-corrected chi connectivity index (χ4v) is 7.60. The van der Waals surface area contributed by atoms with Crippen LogP contribution in [0.25, 0.3) is 10.2 Å². The number of aromatic nitrogens is 1. The first-order valence-electron chi connectivity index (χ1n) is 10.4. The summed E-state index contributed by atoms with van der Waals surface area (Å²) < 4.78 is 41.1. The van der Waals surface area contributed by atoms with Gasteiger partial charge >= 0.3 is 0 Å². The summed E-state index contributed by atoms with van der Waals surface area (Å²) in [6.45, 7) is 4.82. The zero-order valence-electron chi connectivity index (χ0n) is 18.4. The summed E-state index contributed by atoms with van der Waals surface area (Å²) in [6, 6.07) is 7.02. The number of carbonyl (C=O) groups is 1. The Morgan fingerprint density at radius 3 is 2.73 bits per heavy atom. The summed E-state index contributed by atoms with van der Waals surface area (Å²) in [7, 11) is -0.453. The lowest BCUT2D eigenvalue weighted by Gasteiger charge is -2.29. The molecular formula is C22H25N3O5S3. The molecule has 33 heavy (non-hydrogen) atoms. The van der Waals surface area contributed by atoms with Gasteiger partial charge in [0.05, 0.1) is 30.4 Å². The maximum atomic E-state index is 13.1. The number of allylic oxidation sites excluding steroid dienone is 1. The van der Waals surface area contributed by atoms with Gasteiger partial charge in [0.15, 0.2) is 16.3 Å². The minimum absolute atomic E-state index is 0.135. The van der Waals surface area contributed by atoms with Crippen molar-refractivity contribution in [3.8, 4) is 11.5 Å². The standard InChI is InChI=1S/C22H25N3O5S3/c1-4-9-25-16-12-17(29-2)18(30-3)13-19(16)32-22(25)23-21(26)15-7-5-10-24(14-15)33(27,28)20-8-6-11-31-20/h4,6,8,11-13,15H,1,5,7,9-10,14H2,2-3H3. The summed E-state index contributed by atoms with van der Waals surface area (Å²) in [5.74, 6) is 0.376. The lowest BCUT2D eigenvalue weighted by molar-refractivity contribution is -0.122. The third-order valence-corrected chi connectivity index (χ3v) is 9.81. The number of carbonyl (C=O) groups excluding carboxylic acids is 1. The first-order valence-corrected chi connectivity index (χ1v) is 13.5. The predicted octanol–water partition coefficient (Wildman–Crippen LogP) is 3.50. The number of sulfonamides is 1. The summed E-state index contributed by atoms with van der Waals surface area (Å²) in [5.41, 5.74) is 0.856. The molecule has 1 aromatic carbocycles. The molecule has 8 nitrogen and oxygen atoms in total. The van der Waals surface area contributed by atoms with Crippen LogP contribution in [0.5, 0.6) is 11.5 Å². The van der Waals surface area contributed by atoms with Crippen LogP contribution in [-0.4, -0.2) is 50.5 Å². The molecule has 176 valence electrons. The Bertz CT molecular complexity index is 1340. The highest BCUT2D eigenvalue weighted by Gasteiger charge is 2.33. The summed E-state index contributed by atoms with van der Waals surface area (Å²) >= 11 is 2.55. The van der Waals surface area contributed by atoms with Gasteiger partial charge in [-0.2, -0.15) is 9.30 Å². The molecule has 0 radical (unpaired) electrons. The van der Waals surface area contributed by atoms with Crippen LogP contribution in [0.1, 0.15) is 12.8 Å². The van der Waals surface area contributed by atoms with Crippen LogP contribution in [0.4, 0.5) is 0 Å². The second-order valence-electron chi connectivity index (χ2n) is 7.54. The topological polar surface area (TPSA) is 90.2 Å². The molecule has 0 spiro atoms. The maximum Gasteiger partial charge on any atom is 0.252 e. The van der Waals surface area contributed by atoms with Crippen LogP contribution in [-0.2, 0) is 21.4 Å². The van der Waals surface area contributed by atoms with Gasteiger partial charge in [-0.05, 0) is 24.3 Å². The van der Waals surface area contributed by atoms with Gasteiger partial charge in [-0.3, -0.25) is 4.79 Å². The number of thiazole rings is 1. The van der Waals surface area contributed by atoms with Gasteiger partial charge in [-0.25, -0.2) is 8.42 Å². The highest BCUT2D eigenvalue weighted by atomic mass is 32.2. The monoisotopic (exact) mass is 507 g/mol. The van der Waals surface area contributed by atoms with Crippen LogP contribution in [0, 0.1) is 5.92 Å². The second-order valence-corrected chi connectivity index (χ2v) is 11.7. The average Bonchev–Trinajstić information content (AvgIpc) is 3.48. The Morgan fingerprint density at radius 2 is 2.06 bits per heavy atom. The predicted molar refractivity (Wildman–Crippen MR) is 129 cm³/mol. The van der Waals surface area contributed by atoms with Crippen molar-refractivity contribution in [2.24, 2.45) is 10.9 Å². The van der Waals surface area contributed by atoms with E-state index >= 15 is 0 Å². The van der Waals surface area contributed by atoms with Crippen molar-refractivity contribution < 1.29 is 22.7 Å². The van der Waals surface area contributed by atoms with E-state index in [0.29, 0.717) is 46.4 Å². The number of fused-ring (bicyclic) bond motifs is 1. The molecule has 2 aromatic heterocycles. The zero-order valence-corrected chi connectivity index (χ0v) is 20.8. The van der Waals surface area contributed by atoms with Gasteiger partial charge in [0.1, 0.15) is 4.21 Å². The molecule has 1 aliphatic heterocycles. The largest absolute Gasteiger partial charge is 0.493 e. The lowest BCUT2D eigenvalue weighted by Crippen LogP contribution is -2.42. The molecule has 11 heteroatoms. The number of benzene rings is 1. The number of methoxy groups -OCH3 is 2. The first-order chi connectivity index (χ1) is 15.9. The third-order valence-electron chi connectivity index (χ3n) is 5.53. The van der Waals surface area contributed by atoms with Crippen molar-refractivity contribution in [2.75, 3.05) is 27.3 Å². The quantitative estimate of drug-likeness (QED) is 0.457. The summed E-state index contributed by atoms with van der Waals surface area (Å²) in [5, 5.41) is 1.73. The molecule has 0 saturated carbocycles. The van der Waals surface area contributed by atoms with E-state index in [0.717, 1.165) is 10.2 Å². The van der Waals surface area contributed by atoms with Crippen molar-refractivity contribution in [1.29, 1.82) is 0 Å². The van der Waals surface area contributed by atoms with Crippen LogP contribution in [0.15, 0.2) is 51.5 Å². The van der Waals surface area contributed by atoms with E-state index in [9.17, 15) is 13.2 Å². The Balaban J connectivity index is 1.68. The second kappa shape index (κ2) is 9.80. The SMILES string of the molecule is C=CCn1c(=NC(=O)C2CCCN(S(=O)(=O)c3cccs3)C2)sc2cc(OC)c(OC)cc21. The molecule has 1 amide bonds. The Labute approximate surface area is 200 Å². The molecule has 1 fully saturated rings. The normalized spacial score (nSPS) is 17.9. The van der Waals surface area contributed by atoms with Crippen molar-refractivity contribution in [1.82, 2.24) is 8.87 Å². The number of rotatable bonds is 7. The van der Waals surface area contributed by atoms with E-state index in [1.807, 2.05) is 16.7 Å². The molecule has 1 saturated heterocycles. The number of hydrogen-bond acceptors (Lipinski definition) is 7. The molecular weight excluding hydrogens is 482 g/mol. The molecule has 4 rings (SSSR count). The van der Waals surface area contributed by atoms with Crippen molar-refractivity contribution in [2.45, 2.75) is 23.6 Å².